The number of hydrogen-bond acceptors (Lipinski definition) is 2. The number of hydrogen-bond donors (Lipinski definition) is 2. The predicted molar refractivity (Wildman–Crippen MR) is 92.2 cm³/mol. The molecule has 0 aliphatic carbocycles. The molecule has 0 bridgehead atoms. The Balaban J connectivity index is 2.00. The molecule has 2 N–H and O–H groups in total. The van der Waals surface area contributed by atoms with Gasteiger partial charge in [0.05, 0.1) is 18.2 Å². The molecule has 2 aromatic carbocycles. The van der Waals surface area contributed by atoms with Gasteiger partial charge in [0.15, 0.2) is 5.11 Å². The van der Waals surface area contributed by atoms with Crippen molar-refractivity contribution in [3.05, 3.63) is 58.9 Å². The van der Waals surface area contributed by atoms with Gasteiger partial charge in [0.1, 0.15) is 11.6 Å². The van der Waals surface area contributed by atoms with Gasteiger partial charge >= 0.3 is 0 Å². The van der Waals surface area contributed by atoms with Crippen LogP contribution in [0.4, 0.5) is 10.1 Å². The minimum atomic E-state index is -0.462. The Morgan fingerprint density at radius 3 is 2.73 bits per heavy atom. The van der Waals surface area contributed by atoms with Gasteiger partial charge in [-0.2, -0.15) is 0 Å². The lowest BCUT2D eigenvalue weighted by Gasteiger charge is -2.18. The second-order valence-corrected chi connectivity index (χ2v) is 5.54. The molecule has 0 heterocycles. The van der Waals surface area contributed by atoms with E-state index < -0.39 is 5.82 Å². The topological polar surface area (TPSA) is 33.3 Å². The van der Waals surface area contributed by atoms with E-state index in [2.05, 4.69) is 10.6 Å². The standard InChI is InChI=1S/C16H16ClFN2OS/c1-10(11-4-3-5-13(8-11)21-2)19-16(22)20-12-6-7-15(18)14(17)9-12/h3-10H,1-2H3,(H2,19,20,22). The van der Waals surface area contributed by atoms with Crippen LogP contribution in [0.2, 0.25) is 5.02 Å². The Kier molecular flexibility index (Phi) is 5.57. The molecule has 22 heavy (non-hydrogen) atoms. The Hall–Kier alpha value is -1.85. The molecule has 2 aromatic rings. The summed E-state index contributed by atoms with van der Waals surface area (Å²) in [5.41, 5.74) is 1.67. The molecule has 116 valence electrons. The first kappa shape index (κ1) is 16.5. The van der Waals surface area contributed by atoms with E-state index in [1.54, 1.807) is 13.2 Å². The molecule has 0 aliphatic heterocycles. The molecule has 0 radical (unpaired) electrons. The summed E-state index contributed by atoms with van der Waals surface area (Å²) in [6, 6.07) is 12.1. The first-order valence-corrected chi connectivity index (χ1v) is 7.44. The van der Waals surface area contributed by atoms with Crippen LogP contribution in [0.1, 0.15) is 18.5 Å². The van der Waals surface area contributed by atoms with E-state index in [0.29, 0.717) is 10.8 Å². The molecule has 0 saturated heterocycles. The summed E-state index contributed by atoms with van der Waals surface area (Å²) in [4.78, 5) is 0. The Bertz CT molecular complexity index is 681. The lowest BCUT2D eigenvalue weighted by atomic mass is 10.1. The Morgan fingerprint density at radius 1 is 1.27 bits per heavy atom. The highest BCUT2D eigenvalue weighted by Gasteiger charge is 2.09. The van der Waals surface area contributed by atoms with Gasteiger partial charge in [-0.05, 0) is 55.0 Å². The summed E-state index contributed by atoms with van der Waals surface area (Å²) in [5.74, 6) is 0.325. The van der Waals surface area contributed by atoms with E-state index in [1.807, 2.05) is 31.2 Å². The van der Waals surface area contributed by atoms with Crippen molar-refractivity contribution in [2.45, 2.75) is 13.0 Å². The summed E-state index contributed by atoms with van der Waals surface area (Å²) in [7, 11) is 1.63. The smallest absolute Gasteiger partial charge is 0.171 e. The van der Waals surface area contributed by atoms with Crippen molar-refractivity contribution in [2.24, 2.45) is 0 Å². The van der Waals surface area contributed by atoms with Gasteiger partial charge in [-0.25, -0.2) is 4.39 Å². The summed E-state index contributed by atoms with van der Waals surface area (Å²) in [6.07, 6.45) is 0. The number of benzene rings is 2. The van der Waals surface area contributed by atoms with Crippen LogP contribution in [-0.4, -0.2) is 12.2 Å². The zero-order chi connectivity index (χ0) is 16.1. The Morgan fingerprint density at radius 2 is 2.05 bits per heavy atom. The number of ether oxygens (including phenoxy) is 1. The van der Waals surface area contributed by atoms with Gasteiger partial charge in [0.2, 0.25) is 0 Å². The fourth-order valence-corrected chi connectivity index (χ4v) is 2.41. The van der Waals surface area contributed by atoms with Crippen LogP contribution < -0.4 is 15.4 Å². The van der Waals surface area contributed by atoms with Crippen LogP contribution in [0.5, 0.6) is 5.75 Å². The van der Waals surface area contributed by atoms with Gasteiger partial charge < -0.3 is 15.4 Å². The number of methoxy groups -OCH3 is 1. The van der Waals surface area contributed by atoms with Gasteiger partial charge in [0.25, 0.3) is 0 Å². The zero-order valence-electron chi connectivity index (χ0n) is 12.2. The molecule has 0 spiro atoms. The highest BCUT2D eigenvalue weighted by molar-refractivity contribution is 7.80. The first-order valence-electron chi connectivity index (χ1n) is 6.66. The molecular weight excluding hydrogens is 323 g/mol. The normalized spacial score (nSPS) is 11.6. The maximum Gasteiger partial charge on any atom is 0.171 e. The minimum absolute atomic E-state index is 0.00831. The van der Waals surface area contributed by atoms with E-state index in [1.165, 1.54) is 12.1 Å². The third kappa shape index (κ3) is 4.32. The van der Waals surface area contributed by atoms with Gasteiger partial charge in [0, 0.05) is 5.69 Å². The van der Waals surface area contributed by atoms with Gasteiger partial charge in [-0.1, -0.05) is 23.7 Å². The second kappa shape index (κ2) is 7.42. The molecule has 0 aromatic heterocycles. The number of rotatable bonds is 4. The molecule has 1 atom stereocenters. The molecule has 0 amide bonds. The van der Waals surface area contributed by atoms with Crippen molar-refractivity contribution in [3.63, 3.8) is 0 Å². The quantitative estimate of drug-likeness (QED) is 0.802. The van der Waals surface area contributed by atoms with Crippen LogP contribution in [-0.2, 0) is 0 Å². The SMILES string of the molecule is COc1cccc(C(C)NC(=S)Nc2ccc(F)c(Cl)c2)c1. The van der Waals surface area contributed by atoms with Crippen LogP contribution in [0.15, 0.2) is 42.5 Å². The molecule has 6 heteroatoms. The number of nitrogens with one attached hydrogen (secondary N) is 2. The molecule has 3 nitrogen and oxygen atoms in total. The first-order chi connectivity index (χ1) is 10.5. The molecule has 1 unspecified atom stereocenters. The minimum Gasteiger partial charge on any atom is -0.497 e. The van der Waals surface area contributed by atoms with E-state index in [-0.39, 0.29) is 11.1 Å². The maximum atomic E-state index is 13.1. The lowest BCUT2D eigenvalue weighted by molar-refractivity contribution is 0.413. The average molecular weight is 339 g/mol. The largest absolute Gasteiger partial charge is 0.497 e. The Labute approximate surface area is 139 Å². The third-order valence-electron chi connectivity index (χ3n) is 3.12. The van der Waals surface area contributed by atoms with Crippen molar-refractivity contribution >= 4 is 34.6 Å². The molecular formula is C16H16ClFN2OS. The molecule has 2 rings (SSSR count). The maximum absolute atomic E-state index is 13.1. The highest BCUT2D eigenvalue weighted by atomic mass is 35.5. The van der Waals surface area contributed by atoms with Crippen LogP contribution in [0.3, 0.4) is 0 Å². The number of anilines is 1. The fourth-order valence-electron chi connectivity index (χ4n) is 1.93. The summed E-state index contributed by atoms with van der Waals surface area (Å²) >= 11 is 11.0. The van der Waals surface area contributed by atoms with Crippen molar-refractivity contribution in [3.8, 4) is 5.75 Å². The summed E-state index contributed by atoms with van der Waals surface area (Å²) < 4.78 is 18.3. The van der Waals surface area contributed by atoms with E-state index in [0.717, 1.165) is 11.3 Å². The van der Waals surface area contributed by atoms with Crippen molar-refractivity contribution < 1.29 is 9.13 Å². The third-order valence-corrected chi connectivity index (χ3v) is 3.63. The van der Waals surface area contributed by atoms with E-state index in [4.69, 9.17) is 28.6 Å². The zero-order valence-corrected chi connectivity index (χ0v) is 13.8. The van der Waals surface area contributed by atoms with Crippen LogP contribution in [0.25, 0.3) is 0 Å². The summed E-state index contributed by atoms with van der Waals surface area (Å²) in [6.45, 7) is 1.99. The van der Waals surface area contributed by atoms with Gasteiger partial charge in [-0.3, -0.25) is 0 Å². The van der Waals surface area contributed by atoms with Crippen molar-refractivity contribution in [1.29, 1.82) is 0 Å². The number of halogens is 2. The molecule has 0 saturated carbocycles. The highest BCUT2D eigenvalue weighted by Crippen LogP contribution is 2.21. The summed E-state index contributed by atoms with van der Waals surface area (Å²) in [5, 5.41) is 6.61. The van der Waals surface area contributed by atoms with Crippen LogP contribution >= 0.6 is 23.8 Å². The van der Waals surface area contributed by atoms with Crippen LogP contribution in [0, 0.1) is 5.82 Å². The molecule has 0 aliphatic rings. The van der Waals surface area contributed by atoms with Crippen molar-refractivity contribution in [1.82, 2.24) is 5.32 Å². The second-order valence-electron chi connectivity index (χ2n) is 4.73. The lowest BCUT2D eigenvalue weighted by Crippen LogP contribution is -2.30. The number of thiocarbonyl (C=S) groups is 1. The van der Waals surface area contributed by atoms with E-state index in [9.17, 15) is 4.39 Å². The van der Waals surface area contributed by atoms with Crippen molar-refractivity contribution in [2.75, 3.05) is 12.4 Å². The van der Waals surface area contributed by atoms with Gasteiger partial charge in [-0.15, -0.1) is 0 Å². The monoisotopic (exact) mass is 338 g/mol. The average Bonchev–Trinajstić information content (AvgIpc) is 2.51. The predicted octanol–water partition coefficient (Wildman–Crippen LogP) is 4.54. The van der Waals surface area contributed by atoms with E-state index >= 15 is 0 Å². The fraction of sp³-hybridized carbons (Fsp3) is 0.188. The molecule has 0 fully saturated rings.